The van der Waals surface area contributed by atoms with E-state index < -0.39 is 17.7 Å². The first-order valence-corrected chi connectivity index (χ1v) is 13.6. The molecule has 3 aromatic rings. The van der Waals surface area contributed by atoms with Gasteiger partial charge >= 0.3 is 5.97 Å². The van der Waals surface area contributed by atoms with Crippen molar-refractivity contribution in [3.63, 3.8) is 0 Å². The third-order valence-corrected chi connectivity index (χ3v) is 7.58. The molecule has 1 aromatic heterocycles. The molecule has 2 amide bonds. The molecule has 38 heavy (non-hydrogen) atoms. The first-order chi connectivity index (χ1) is 18.2. The van der Waals surface area contributed by atoms with Crippen LogP contribution in [0.2, 0.25) is 5.02 Å². The van der Waals surface area contributed by atoms with Crippen LogP contribution >= 0.6 is 27.5 Å². The number of hydrogen-bond donors (Lipinski definition) is 2. The lowest BCUT2D eigenvalue weighted by atomic mass is 10.1. The molecule has 9 nitrogen and oxygen atoms in total. The SMILES string of the molecule is NC(=O)c1nc2c(F)c(Nc3ccc(Br)cc3Cl)c(C(=O)OCC3CC3)cc2n1CCC(=O)N1CCCC1. The number of halogens is 3. The number of carbonyl (C=O) groups is 3. The lowest BCUT2D eigenvalue weighted by molar-refractivity contribution is -0.130. The van der Waals surface area contributed by atoms with Gasteiger partial charge in [-0.1, -0.05) is 27.5 Å². The number of esters is 1. The number of benzene rings is 2. The van der Waals surface area contributed by atoms with Crippen LogP contribution in [-0.2, 0) is 16.1 Å². The molecular weight excluding hydrogens is 581 g/mol. The number of anilines is 2. The van der Waals surface area contributed by atoms with Crippen LogP contribution in [0.1, 0.15) is 53.1 Å². The Morgan fingerprint density at radius 2 is 1.95 bits per heavy atom. The van der Waals surface area contributed by atoms with E-state index in [0.717, 1.165) is 30.2 Å². The quantitative estimate of drug-likeness (QED) is 0.331. The number of aryl methyl sites for hydroxylation is 1. The molecule has 0 atom stereocenters. The summed E-state index contributed by atoms with van der Waals surface area (Å²) in [6.07, 6.45) is 3.91. The minimum atomic E-state index is -0.877. The number of carbonyl (C=O) groups excluding carboxylic acids is 3. The Hall–Kier alpha value is -3.18. The van der Waals surface area contributed by atoms with Crippen LogP contribution in [0.3, 0.4) is 0 Å². The van der Waals surface area contributed by atoms with Crippen molar-refractivity contribution in [2.45, 2.75) is 38.6 Å². The Balaban J connectivity index is 1.57. The van der Waals surface area contributed by atoms with Gasteiger partial charge in [0.05, 0.1) is 34.1 Å². The Bertz CT molecular complexity index is 1430. The highest BCUT2D eigenvalue weighted by molar-refractivity contribution is 9.10. The zero-order chi connectivity index (χ0) is 27.0. The number of primary amides is 1. The van der Waals surface area contributed by atoms with Crippen molar-refractivity contribution in [3.8, 4) is 0 Å². The highest BCUT2D eigenvalue weighted by Crippen LogP contribution is 2.36. The van der Waals surface area contributed by atoms with Crippen LogP contribution in [0.5, 0.6) is 0 Å². The maximum absolute atomic E-state index is 16.1. The zero-order valence-corrected chi connectivity index (χ0v) is 22.8. The van der Waals surface area contributed by atoms with E-state index in [4.69, 9.17) is 22.1 Å². The summed E-state index contributed by atoms with van der Waals surface area (Å²) < 4.78 is 23.7. The monoisotopic (exact) mass is 605 g/mol. The van der Waals surface area contributed by atoms with Crippen LogP contribution in [0.15, 0.2) is 28.7 Å². The second-order valence-corrected chi connectivity index (χ2v) is 10.9. The Kier molecular flexibility index (Phi) is 7.58. The molecule has 0 spiro atoms. The van der Waals surface area contributed by atoms with Crippen LogP contribution < -0.4 is 11.1 Å². The molecule has 1 saturated heterocycles. The number of nitrogens with zero attached hydrogens (tertiary/aromatic N) is 3. The Labute approximate surface area is 231 Å². The molecule has 1 aliphatic carbocycles. The number of aromatic nitrogens is 2. The summed E-state index contributed by atoms with van der Waals surface area (Å²) in [5.41, 5.74) is 5.65. The molecule has 2 heterocycles. The Morgan fingerprint density at radius 3 is 2.61 bits per heavy atom. The second-order valence-electron chi connectivity index (χ2n) is 9.56. The van der Waals surface area contributed by atoms with Gasteiger partial charge in [0.2, 0.25) is 5.91 Å². The lowest BCUT2D eigenvalue weighted by Crippen LogP contribution is -2.29. The van der Waals surface area contributed by atoms with E-state index in [0.29, 0.717) is 29.7 Å². The van der Waals surface area contributed by atoms with Crippen molar-refractivity contribution >= 4 is 67.7 Å². The summed E-state index contributed by atoms with van der Waals surface area (Å²) in [5.74, 6) is -2.45. The van der Waals surface area contributed by atoms with Crippen molar-refractivity contribution in [3.05, 3.63) is 51.0 Å². The minimum Gasteiger partial charge on any atom is -0.462 e. The fourth-order valence-corrected chi connectivity index (χ4v) is 5.25. The number of amides is 2. The second kappa shape index (κ2) is 10.9. The third-order valence-electron chi connectivity index (χ3n) is 6.77. The number of likely N-dealkylation sites (tertiary alicyclic amines) is 1. The van der Waals surface area contributed by atoms with Gasteiger partial charge in [0.25, 0.3) is 5.91 Å². The molecule has 1 aliphatic heterocycles. The van der Waals surface area contributed by atoms with Crippen molar-refractivity contribution < 1.29 is 23.5 Å². The van der Waals surface area contributed by atoms with Crippen LogP contribution in [-0.4, -0.2) is 51.9 Å². The van der Waals surface area contributed by atoms with E-state index in [9.17, 15) is 14.4 Å². The van der Waals surface area contributed by atoms with E-state index in [2.05, 4.69) is 26.2 Å². The van der Waals surface area contributed by atoms with Crippen molar-refractivity contribution in [2.24, 2.45) is 11.7 Å². The molecule has 0 unspecified atom stereocenters. The maximum atomic E-state index is 16.1. The first-order valence-electron chi connectivity index (χ1n) is 12.4. The summed E-state index contributed by atoms with van der Waals surface area (Å²) in [6, 6.07) is 6.39. The topological polar surface area (TPSA) is 120 Å². The number of fused-ring (bicyclic) bond motifs is 1. The number of nitrogens with two attached hydrogens (primary N) is 1. The van der Waals surface area contributed by atoms with Gasteiger partial charge < -0.3 is 25.3 Å². The van der Waals surface area contributed by atoms with Crippen molar-refractivity contribution in [2.75, 3.05) is 25.0 Å². The predicted octanol–water partition coefficient (Wildman–Crippen LogP) is 5.01. The third kappa shape index (κ3) is 5.49. The van der Waals surface area contributed by atoms with Gasteiger partial charge in [-0.3, -0.25) is 9.59 Å². The van der Waals surface area contributed by atoms with E-state index >= 15 is 4.39 Å². The molecule has 2 aromatic carbocycles. The number of nitrogens with one attached hydrogen (secondary N) is 1. The zero-order valence-electron chi connectivity index (χ0n) is 20.4. The van der Waals surface area contributed by atoms with Crippen molar-refractivity contribution in [1.82, 2.24) is 14.5 Å². The molecule has 1 saturated carbocycles. The van der Waals surface area contributed by atoms with Crippen LogP contribution in [0, 0.1) is 11.7 Å². The van der Waals surface area contributed by atoms with E-state index in [1.54, 1.807) is 23.1 Å². The molecular formula is C26H26BrClFN5O4. The molecule has 200 valence electrons. The van der Waals surface area contributed by atoms with Gasteiger partial charge in [0, 0.05) is 30.5 Å². The van der Waals surface area contributed by atoms with Gasteiger partial charge in [-0.2, -0.15) is 0 Å². The molecule has 2 fully saturated rings. The van der Waals surface area contributed by atoms with Gasteiger partial charge in [-0.25, -0.2) is 14.2 Å². The first kappa shape index (κ1) is 26.4. The van der Waals surface area contributed by atoms with Crippen LogP contribution in [0.25, 0.3) is 11.0 Å². The number of ether oxygens (including phenoxy) is 1. The average Bonchev–Trinajstić information content (AvgIpc) is 3.39. The smallest absolute Gasteiger partial charge is 0.340 e. The largest absolute Gasteiger partial charge is 0.462 e. The van der Waals surface area contributed by atoms with Gasteiger partial charge in [-0.05, 0) is 55.9 Å². The van der Waals surface area contributed by atoms with Gasteiger partial charge in [0.1, 0.15) is 5.52 Å². The average molecular weight is 607 g/mol. The van der Waals surface area contributed by atoms with Gasteiger partial charge in [-0.15, -0.1) is 0 Å². The summed E-state index contributed by atoms with van der Waals surface area (Å²) in [7, 11) is 0. The lowest BCUT2D eigenvalue weighted by Gasteiger charge is -2.17. The number of rotatable bonds is 9. The van der Waals surface area contributed by atoms with Crippen molar-refractivity contribution in [1.29, 1.82) is 0 Å². The molecule has 0 bridgehead atoms. The number of hydrogen-bond acceptors (Lipinski definition) is 6. The number of imidazole rings is 1. The van der Waals surface area contributed by atoms with Crippen LogP contribution in [0.4, 0.5) is 15.8 Å². The summed E-state index contributed by atoms with van der Waals surface area (Å²) in [5, 5.41) is 3.19. The fourth-order valence-electron chi connectivity index (χ4n) is 4.53. The minimum absolute atomic E-state index is 0.0470. The summed E-state index contributed by atoms with van der Waals surface area (Å²) in [4.78, 5) is 44.0. The van der Waals surface area contributed by atoms with Gasteiger partial charge in [0.15, 0.2) is 11.6 Å². The Morgan fingerprint density at radius 1 is 1.21 bits per heavy atom. The highest BCUT2D eigenvalue weighted by Gasteiger charge is 2.29. The van der Waals surface area contributed by atoms with E-state index in [1.165, 1.54) is 10.6 Å². The fraction of sp³-hybridized carbons (Fsp3) is 0.385. The predicted molar refractivity (Wildman–Crippen MR) is 144 cm³/mol. The molecule has 12 heteroatoms. The standard InChI is InChI=1S/C26H26BrClFN5O4/c27-15-5-6-18(17(28)11-15)31-22-16(26(37)38-13-14-3-4-14)12-19-23(21(22)29)32-25(24(30)36)34(19)10-7-20(35)33-8-1-2-9-33/h5-6,11-12,14,31H,1-4,7-10,13H2,(H2,30,36). The normalized spacial score (nSPS) is 15.2. The highest BCUT2D eigenvalue weighted by atomic mass is 79.9. The molecule has 0 radical (unpaired) electrons. The maximum Gasteiger partial charge on any atom is 0.340 e. The molecule has 3 N–H and O–H groups in total. The molecule has 2 aliphatic rings. The summed E-state index contributed by atoms with van der Waals surface area (Å²) >= 11 is 9.67. The van der Waals surface area contributed by atoms with E-state index in [-0.39, 0.29) is 53.6 Å². The van der Waals surface area contributed by atoms with E-state index in [1.807, 2.05) is 0 Å². The summed E-state index contributed by atoms with van der Waals surface area (Å²) in [6.45, 7) is 1.65. The molecule has 5 rings (SSSR count).